The highest BCUT2D eigenvalue weighted by Crippen LogP contribution is 2.34. The Labute approximate surface area is 379 Å². The van der Waals surface area contributed by atoms with Crippen molar-refractivity contribution >= 4 is 35.2 Å². The van der Waals surface area contributed by atoms with Gasteiger partial charge in [-0.1, -0.05) is 64.4 Å². The molecule has 346 valence electrons. The maximum absolute atomic E-state index is 14.0. The highest BCUT2D eigenvalue weighted by molar-refractivity contribution is 7.13. The molecule has 6 aromatic rings. The summed E-state index contributed by atoms with van der Waals surface area (Å²) in [7, 11) is 1.25. The zero-order valence-corrected chi connectivity index (χ0v) is 38.9. The first-order valence-electron chi connectivity index (χ1n) is 21.0. The van der Waals surface area contributed by atoms with Gasteiger partial charge in [-0.15, -0.1) is 11.3 Å². The van der Waals surface area contributed by atoms with Gasteiger partial charge in [0.1, 0.15) is 58.9 Å². The van der Waals surface area contributed by atoms with Crippen molar-refractivity contribution in [2.45, 2.75) is 105 Å². The van der Waals surface area contributed by atoms with Gasteiger partial charge in [0, 0.05) is 10.9 Å². The van der Waals surface area contributed by atoms with Crippen molar-refractivity contribution in [3.8, 4) is 56.8 Å². The molecular weight excluding hydrogens is 861 g/mol. The molecule has 0 spiro atoms. The van der Waals surface area contributed by atoms with Crippen LogP contribution in [-0.4, -0.2) is 85.8 Å². The second-order valence-corrected chi connectivity index (χ2v) is 18.3. The Morgan fingerprint density at radius 1 is 0.738 bits per heavy atom. The summed E-state index contributed by atoms with van der Waals surface area (Å²) in [6.07, 6.45) is 4.01. The first-order chi connectivity index (χ1) is 30.7. The van der Waals surface area contributed by atoms with Crippen LogP contribution in [0, 0.1) is 11.8 Å². The molecule has 5 heterocycles. The van der Waals surface area contributed by atoms with Crippen LogP contribution < -0.4 is 16.0 Å². The van der Waals surface area contributed by atoms with E-state index in [1.165, 1.54) is 37.2 Å². The van der Waals surface area contributed by atoms with E-state index in [0.717, 1.165) is 0 Å². The largest absolute Gasteiger partial charge is 0.467 e. The van der Waals surface area contributed by atoms with E-state index in [2.05, 4.69) is 40.9 Å². The van der Waals surface area contributed by atoms with Crippen LogP contribution in [0.15, 0.2) is 72.2 Å². The molecule has 5 aromatic heterocycles. The summed E-state index contributed by atoms with van der Waals surface area (Å²) in [5.41, 5.74) is 0.475. The van der Waals surface area contributed by atoms with Gasteiger partial charge in [0.05, 0.1) is 19.3 Å². The molecule has 4 atom stereocenters. The van der Waals surface area contributed by atoms with Gasteiger partial charge >= 0.3 is 12.1 Å². The van der Waals surface area contributed by atoms with Crippen LogP contribution in [0.2, 0.25) is 0 Å². The van der Waals surface area contributed by atoms with Gasteiger partial charge in [0.15, 0.2) is 22.8 Å². The standard InChI is InChI=1S/C45H54N8O11S/c1-12-24(4)32(35(54)51-31(23(2)3)42(56)58-11)52-36(55)33-34(25-16-14-13-15-17-25)63-40(53-33)27-19-60-39(47-27)30-22-65-41(49-30)29-20-61-37(48-29)26-18-59-38(46-26)28(21-62-44(5,6)7)50-43(57)64-45(8,9)10/h13-20,22-24,28,31-32H,12,21H2,1-11H3,(H,50,57)(H,51,54)(H,52,55)/t24-,28?,31-,32-/m0/s1. The van der Waals surface area contributed by atoms with Gasteiger partial charge in [-0.25, -0.2) is 34.5 Å². The Kier molecular flexibility index (Phi) is 14.7. The summed E-state index contributed by atoms with van der Waals surface area (Å²) >= 11 is 1.26. The normalized spacial score (nSPS) is 13.8. The molecule has 6 rings (SSSR count). The van der Waals surface area contributed by atoms with Crippen LogP contribution in [0.3, 0.4) is 0 Å². The van der Waals surface area contributed by atoms with E-state index in [-0.39, 0.29) is 64.8 Å². The fourth-order valence-corrected chi connectivity index (χ4v) is 6.86. The van der Waals surface area contributed by atoms with Crippen molar-refractivity contribution in [3.05, 3.63) is 66.1 Å². The molecule has 0 saturated carbocycles. The molecule has 0 saturated heterocycles. The Morgan fingerprint density at radius 2 is 1.38 bits per heavy atom. The maximum atomic E-state index is 14.0. The summed E-state index contributed by atoms with van der Waals surface area (Å²) in [4.78, 5) is 75.7. The summed E-state index contributed by atoms with van der Waals surface area (Å²) < 4.78 is 39.8. The van der Waals surface area contributed by atoms with E-state index in [1.807, 2.05) is 40.7 Å². The Hall–Kier alpha value is -6.67. The zero-order chi connectivity index (χ0) is 47.2. The van der Waals surface area contributed by atoms with Crippen LogP contribution in [0.5, 0.6) is 0 Å². The lowest BCUT2D eigenvalue weighted by molar-refractivity contribution is -0.146. The lowest BCUT2D eigenvalue weighted by Crippen LogP contribution is -2.55. The maximum Gasteiger partial charge on any atom is 0.408 e. The minimum Gasteiger partial charge on any atom is -0.467 e. The van der Waals surface area contributed by atoms with Crippen molar-refractivity contribution in [1.82, 2.24) is 40.9 Å². The van der Waals surface area contributed by atoms with Gasteiger partial charge in [-0.2, -0.15) is 0 Å². The predicted octanol–water partition coefficient (Wildman–Crippen LogP) is 8.27. The molecule has 0 fully saturated rings. The molecule has 0 aliphatic rings. The number of carbonyl (C=O) groups is 4. The summed E-state index contributed by atoms with van der Waals surface area (Å²) in [6, 6.07) is 6.20. The molecular formula is C45H54N8O11S. The number of thiazole rings is 1. The highest BCUT2D eigenvalue weighted by atomic mass is 32.1. The van der Waals surface area contributed by atoms with Crippen LogP contribution in [0.4, 0.5) is 4.79 Å². The van der Waals surface area contributed by atoms with Crippen LogP contribution in [0.1, 0.15) is 98.1 Å². The fraction of sp³-hybridized carbons (Fsp3) is 0.444. The van der Waals surface area contributed by atoms with Gasteiger partial charge in [0.25, 0.3) is 5.91 Å². The van der Waals surface area contributed by atoms with E-state index in [4.69, 9.17) is 31.9 Å². The van der Waals surface area contributed by atoms with Crippen molar-refractivity contribution in [2.24, 2.45) is 11.8 Å². The van der Waals surface area contributed by atoms with Gasteiger partial charge in [0.2, 0.25) is 29.5 Å². The molecule has 1 unspecified atom stereocenters. The molecule has 3 N–H and O–H groups in total. The van der Waals surface area contributed by atoms with E-state index in [9.17, 15) is 19.2 Å². The third-order valence-electron chi connectivity index (χ3n) is 9.66. The van der Waals surface area contributed by atoms with Crippen LogP contribution >= 0.6 is 11.3 Å². The van der Waals surface area contributed by atoms with Crippen molar-refractivity contribution in [2.75, 3.05) is 13.7 Å². The number of amides is 3. The van der Waals surface area contributed by atoms with E-state index < -0.39 is 53.2 Å². The Morgan fingerprint density at radius 3 is 2.03 bits per heavy atom. The average molecular weight is 915 g/mol. The molecule has 1 aromatic carbocycles. The van der Waals surface area contributed by atoms with Gasteiger partial charge < -0.3 is 47.8 Å². The van der Waals surface area contributed by atoms with Crippen LogP contribution in [-0.2, 0) is 23.8 Å². The van der Waals surface area contributed by atoms with E-state index in [1.54, 1.807) is 64.3 Å². The third kappa shape index (κ3) is 12.1. The first kappa shape index (κ1) is 47.8. The van der Waals surface area contributed by atoms with Crippen molar-refractivity contribution < 1.29 is 51.1 Å². The third-order valence-corrected chi connectivity index (χ3v) is 10.5. The second kappa shape index (κ2) is 20.0. The number of esters is 1. The van der Waals surface area contributed by atoms with Gasteiger partial charge in [-0.05, 0) is 53.4 Å². The summed E-state index contributed by atoms with van der Waals surface area (Å²) in [6.45, 7) is 18.3. The molecule has 19 nitrogen and oxygen atoms in total. The average Bonchev–Trinajstić information content (AvgIpc) is 4.10. The lowest BCUT2D eigenvalue weighted by atomic mass is 9.96. The van der Waals surface area contributed by atoms with Crippen molar-refractivity contribution in [3.63, 3.8) is 0 Å². The Bertz CT molecular complexity index is 2580. The fourth-order valence-electron chi connectivity index (χ4n) is 6.12. The minimum absolute atomic E-state index is 0.0174. The zero-order valence-electron chi connectivity index (χ0n) is 38.1. The number of carbonyl (C=O) groups excluding carboxylic acids is 4. The number of methoxy groups -OCH3 is 1. The molecule has 0 bridgehead atoms. The van der Waals surface area contributed by atoms with Crippen molar-refractivity contribution in [1.29, 1.82) is 0 Å². The molecule has 0 radical (unpaired) electrons. The molecule has 65 heavy (non-hydrogen) atoms. The highest BCUT2D eigenvalue weighted by Gasteiger charge is 2.34. The number of hydrogen-bond acceptors (Lipinski definition) is 17. The number of nitrogens with one attached hydrogen (secondary N) is 3. The van der Waals surface area contributed by atoms with Gasteiger partial charge in [-0.3, -0.25) is 9.59 Å². The topological polar surface area (TPSA) is 249 Å². The summed E-state index contributed by atoms with van der Waals surface area (Å²) in [5, 5.41) is 10.5. The molecule has 20 heteroatoms. The summed E-state index contributed by atoms with van der Waals surface area (Å²) in [5.74, 6) is -1.82. The number of aromatic nitrogens is 5. The number of alkyl carbamates (subject to hydrolysis) is 1. The monoisotopic (exact) mass is 914 g/mol. The first-order valence-corrected chi connectivity index (χ1v) is 21.8. The lowest BCUT2D eigenvalue weighted by Gasteiger charge is -2.27. The number of ether oxygens (including phenoxy) is 3. The van der Waals surface area contributed by atoms with Crippen LogP contribution in [0.25, 0.3) is 56.8 Å². The smallest absolute Gasteiger partial charge is 0.408 e. The Balaban J connectivity index is 1.21. The number of benzene rings is 1. The quantitative estimate of drug-likeness (QED) is 0.0728. The minimum atomic E-state index is -1.02. The molecule has 3 amide bonds. The number of hydrogen-bond donors (Lipinski definition) is 3. The van der Waals surface area contributed by atoms with E-state index in [0.29, 0.717) is 28.4 Å². The van der Waals surface area contributed by atoms with E-state index >= 15 is 0 Å². The number of nitrogens with zero attached hydrogens (tertiary/aromatic N) is 5. The second-order valence-electron chi connectivity index (χ2n) is 17.5. The number of rotatable bonds is 17. The molecule has 0 aliphatic heterocycles. The SMILES string of the molecule is CC[C@H](C)[C@H](NC(=O)c1nc(-c2coc(-c3csc(-c4coc(-c5coc(C(COC(C)(C)C)NC(=O)OC(C)(C)C)n5)n4)n3)n2)oc1-c1ccccc1)C(=O)N[C@H](C(=O)OC)C(C)C. The predicted molar refractivity (Wildman–Crippen MR) is 237 cm³/mol. The number of oxazole rings is 4. The molecule has 0 aliphatic carbocycles.